The first kappa shape index (κ1) is 17.7. The molecule has 3 rings (SSSR count). The van der Waals surface area contributed by atoms with Gasteiger partial charge in [-0.3, -0.25) is 9.59 Å². The Kier molecular flexibility index (Phi) is 5.80. The fourth-order valence-corrected chi connectivity index (χ4v) is 4.05. The summed E-state index contributed by atoms with van der Waals surface area (Å²) in [4.78, 5) is 29.1. The van der Waals surface area contributed by atoms with Gasteiger partial charge in [-0.1, -0.05) is 13.8 Å². The Morgan fingerprint density at radius 3 is 2.08 bits per heavy atom. The Labute approximate surface area is 146 Å². The molecule has 0 unspecified atom stereocenters. The third kappa shape index (κ3) is 4.71. The van der Waals surface area contributed by atoms with Crippen molar-refractivity contribution in [2.45, 2.75) is 58.4 Å². The fraction of sp³-hybridized carbons (Fsp3) is 0.895. The molecule has 3 fully saturated rings. The summed E-state index contributed by atoms with van der Waals surface area (Å²) in [7, 11) is 0. The van der Waals surface area contributed by atoms with Crippen LogP contribution in [0.3, 0.4) is 0 Å². The third-order valence-electron chi connectivity index (χ3n) is 5.66. The van der Waals surface area contributed by atoms with Crippen molar-refractivity contribution in [1.29, 1.82) is 0 Å². The number of rotatable bonds is 5. The molecule has 24 heavy (non-hydrogen) atoms. The molecule has 1 aliphatic carbocycles. The number of amides is 2. The molecular weight excluding hydrogens is 302 g/mol. The van der Waals surface area contributed by atoms with Gasteiger partial charge >= 0.3 is 0 Å². The molecule has 136 valence electrons. The second kappa shape index (κ2) is 7.85. The summed E-state index contributed by atoms with van der Waals surface area (Å²) in [6.45, 7) is 9.36. The number of likely N-dealkylation sites (tertiary alicyclic amines) is 2. The van der Waals surface area contributed by atoms with E-state index in [0.717, 1.165) is 71.2 Å². The summed E-state index contributed by atoms with van der Waals surface area (Å²) < 4.78 is 0. The van der Waals surface area contributed by atoms with Crippen LogP contribution in [-0.2, 0) is 9.59 Å². The molecule has 3 aliphatic rings. The summed E-state index contributed by atoms with van der Waals surface area (Å²) in [5.41, 5.74) is 0. The number of carbonyl (C=O) groups excluding carboxylic acids is 2. The zero-order valence-electron chi connectivity index (χ0n) is 15.3. The maximum atomic E-state index is 12.5. The highest BCUT2D eigenvalue weighted by Gasteiger charge is 2.35. The monoisotopic (exact) mass is 335 g/mol. The van der Waals surface area contributed by atoms with Gasteiger partial charge in [0, 0.05) is 37.5 Å². The lowest BCUT2D eigenvalue weighted by Gasteiger charge is -2.35. The van der Waals surface area contributed by atoms with Gasteiger partial charge in [0.1, 0.15) is 0 Å². The number of nitrogens with one attached hydrogen (secondary N) is 1. The smallest absolute Gasteiger partial charge is 0.225 e. The van der Waals surface area contributed by atoms with Crippen molar-refractivity contribution in [2.24, 2.45) is 17.8 Å². The minimum absolute atomic E-state index is 0.180. The van der Waals surface area contributed by atoms with Crippen molar-refractivity contribution in [3.63, 3.8) is 0 Å². The van der Waals surface area contributed by atoms with Crippen molar-refractivity contribution in [2.75, 3.05) is 32.7 Å². The lowest BCUT2D eigenvalue weighted by Crippen LogP contribution is -2.49. The van der Waals surface area contributed by atoms with E-state index >= 15 is 0 Å². The SMILES string of the molecule is CC(C)CN1CCC(C(=O)NC2CCN(C(=O)C3CC3)CC2)CC1. The number of hydrogen-bond donors (Lipinski definition) is 1. The van der Waals surface area contributed by atoms with Crippen LogP contribution in [0.2, 0.25) is 0 Å². The molecule has 0 aromatic rings. The Balaban J connectivity index is 1.36. The van der Waals surface area contributed by atoms with Gasteiger partial charge in [0.05, 0.1) is 0 Å². The molecule has 5 nitrogen and oxygen atoms in total. The van der Waals surface area contributed by atoms with Crippen LogP contribution in [0.5, 0.6) is 0 Å². The van der Waals surface area contributed by atoms with E-state index in [2.05, 4.69) is 24.1 Å². The molecule has 2 aliphatic heterocycles. The molecule has 5 heteroatoms. The number of nitrogens with zero attached hydrogens (tertiary/aromatic N) is 2. The molecule has 0 bridgehead atoms. The van der Waals surface area contributed by atoms with Gasteiger partial charge in [0.2, 0.25) is 11.8 Å². The molecule has 1 saturated carbocycles. The van der Waals surface area contributed by atoms with Gasteiger partial charge in [-0.05, 0) is 57.5 Å². The molecule has 0 aromatic heterocycles. The van der Waals surface area contributed by atoms with E-state index in [-0.39, 0.29) is 17.9 Å². The first-order valence-electron chi connectivity index (χ1n) is 9.84. The van der Waals surface area contributed by atoms with Crippen LogP contribution in [0.4, 0.5) is 0 Å². The van der Waals surface area contributed by atoms with E-state index in [1.165, 1.54) is 0 Å². The lowest BCUT2D eigenvalue weighted by molar-refractivity contribution is -0.133. The van der Waals surface area contributed by atoms with Gasteiger partial charge in [-0.25, -0.2) is 0 Å². The Morgan fingerprint density at radius 1 is 0.917 bits per heavy atom. The molecule has 2 saturated heterocycles. The van der Waals surface area contributed by atoms with Gasteiger partial charge in [0.25, 0.3) is 0 Å². The Morgan fingerprint density at radius 2 is 1.54 bits per heavy atom. The van der Waals surface area contributed by atoms with Gasteiger partial charge in [-0.15, -0.1) is 0 Å². The second-order valence-electron chi connectivity index (χ2n) is 8.35. The van der Waals surface area contributed by atoms with Crippen LogP contribution in [0.15, 0.2) is 0 Å². The molecule has 0 radical (unpaired) electrons. The minimum Gasteiger partial charge on any atom is -0.353 e. The molecule has 1 N–H and O–H groups in total. The second-order valence-corrected chi connectivity index (χ2v) is 8.35. The van der Waals surface area contributed by atoms with E-state index in [4.69, 9.17) is 0 Å². The van der Waals surface area contributed by atoms with Crippen LogP contribution in [0.25, 0.3) is 0 Å². The minimum atomic E-state index is 0.180. The van der Waals surface area contributed by atoms with Crippen molar-refractivity contribution < 1.29 is 9.59 Å². The molecular formula is C19H33N3O2. The van der Waals surface area contributed by atoms with Crippen molar-refractivity contribution in [3.8, 4) is 0 Å². The van der Waals surface area contributed by atoms with Crippen LogP contribution >= 0.6 is 0 Å². The molecule has 2 amide bonds. The predicted molar refractivity (Wildman–Crippen MR) is 94.5 cm³/mol. The topological polar surface area (TPSA) is 52.7 Å². The number of hydrogen-bond acceptors (Lipinski definition) is 3. The highest BCUT2D eigenvalue weighted by atomic mass is 16.2. The quantitative estimate of drug-likeness (QED) is 0.834. The van der Waals surface area contributed by atoms with E-state index in [1.807, 2.05) is 4.90 Å². The first-order valence-corrected chi connectivity index (χ1v) is 9.84. The number of piperidine rings is 2. The van der Waals surface area contributed by atoms with Gasteiger partial charge in [0.15, 0.2) is 0 Å². The van der Waals surface area contributed by atoms with Crippen LogP contribution in [0, 0.1) is 17.8 Å². The Bertz CT molecular complexity index is 446. The standard InChI is InChI=1S/C19H33N3O2/c1-14(2)13-21-9-5-15(6-10-21)18(23)20-17-7-11-22(12-8-17)19(24)16-3-4-16/h14-17H,3-13H2,1-2H3,(H,20,23). The highest BCUT2D eigenvalue weighted by molar-refractivity contribution is 5.81. The molecule has 0 atom stereocenters. The maximum absolute atomic E-state index is 12.5. The van der Waals surface area contributed by atoms with E-state index in [9.17, 15) is 9.59 Å². The summed E-state index contributed by atoms with van der Waals surface area (Å²) >= 11 is 0. The van der Waals surface area contributed by atoms with E-state index < -0.39 is 0 Å². The average molecular weight is 335 g/mol. The normalized spacial score (nSPS) is 24.4. The van der Waals surface area contributed by atoms with Crippen molar-refractivity contribution in [1.82, 2.24) is 15.1 Å². The maximum Gasteiger partial charge on any atom is 0.225 e. The summed E-state index contributed by atoms with van der Waals surface area (Å²) in [5, 5.41) is 3.25. The van der Waals surface area contributed by atoms with Crippen molar-refractivity contribution >= 4 is 11.8 Å². The van der Waals surface area contributed by atoms with Crippen LogP contribution < -0.4 is 5.32 Å². The van der Waals surface area contributed by atoms with Crippen LogP contribution in [0.1, 0.15) is 52.4 Å². The zero-order valence-corrected chi connectivity index (χ0v) is 15.3. The first-order chi connectivity index (χ1) is 11.5. The van der Waals surface area contributed by atoms with Crippen LogP contribution in [-0.4, -0.2) is 60.4 Å². The Hall–Kier alpha value is -1.10. The largest absolute Gasteiger partial charge is 0.353 e. The third-order valence-corrected chi connectivity index (χ3v) is 5.66. The molecule has 0 spiro atoms. The van der Waals surface area contributed by atoms with Crippen molar-refractivity contribution in [3.05, 3.63) is 0 Å². The lowest BCUT2D eigenvalue weighted by atomic mass is 9.94. The highest BCUT2D eigenvalue weighted by Crippen LogP contribution is 2.32. The summed E-state index contributed by atoms with van der Waals surface area (Å²) in [5.74, 6) is 1.77. The fourth-order valence-electron chi connectivity index (χ4n) is 4.05. The summed E-state index contributed by atoms with van der Waals surface area (Å²) in [6, 6.07) is 0.259. The van der Waals surface area contributed by atoms with E-state index in [1.54, 1.807) is 0 Å². The van der Waals surface area contributed by atoms with E-state index in [0.29, 0.717) is 17.7 Å². The molecule has 0 aromatic carbocycles. The van der Waals surface area contributed by atoms with Gasteiger partial charge < -0.3 is 15.1 Å². The van der Waals surface area contributed by atoms with Gasteiger partial charge in [-0.2, -0.15) is 0 Å². The molecule has 2 heterocycles. The average Bonchev–Trinajstić information content (AvgIpc) is 3.40. The number of carbonyl (C=O) groups is 2. The predicted octanol–water partition coefficient (Wildman–Crippen LogP) is 1.87. The summed E-state index contributed by atoms with van der Waals surface area (Å²) in [6.07, 6.45) is 5.94. The zero-order chi connectivity index (χ0) is 17.1.